The van der Waals surface area contributed by atoms with Crippen molar-refractivity contribution in [2.45, 2.75) is 6.54 Å². The van der Waals surface area contributed by atoms with Gasteiger partial charge in [0.05, 0.1) is 39.6 Å². The van der Waals surface area contributed by atoms with E-state index >= 15 is 0 Å². The van der Waals surface area contributed by atoms with Crippen molar-refractivity contribution in [3.8, 4) is 17.2 Å². The maximum absolute atomic E-state index is 13.0. The molecule has 7 heteroatoms. The standard InChI is InChI=1S/C24H23N3O4/c1-29-20-14-22(31-3)21(30-2)13-19(20)24(28)26-23-11-12-25-27(23)15-17-9-6-8-16-7-4-5-10-18(16)17/h4-14H,15H2,1-3H3,(H,26,28). The molecule has 0 unspecified atom stereocenters. The number of benzene rings is 3. The molecular weight excluding hydrogens is 394 g/mol. The normalized spacial score (nSPS) is 10.7. The van der Waals surface area contributed by atoms with Crippen molar-refractivity contribution in [1.82, 2.24) is 9.78 Å². The maximum atomic E-state index is 13.0. The zero-order chi connectivity index (χ0) is 21.8. The number of fused-ring (bicyclic) bond motifs is 1. The Morgan fingerprint density at radius 3 is 2.39 bits per heavy atom. The molecule has 158 valence electrons. The molecule has 0 aliphatic rings. The minimum atomic E-state index is -0.336. The molecule has 0 atom stereocenters. The van der Waals surface area contributed by atoms with Crippen molar-refractivity contribution < 1.29 is 19.0 Å². The van der Waals surface area contributed by atoms with Gasteiger partial charge < -0.3 is 19.5 Å². The summed E-state index contributed by atoms with van der Waals surface area (Å²) in [6, 6.07) is 19.3. The molecule has 7 nitrogen and oxygen atoms in total. The van der Waals surface area contributed by atoms with Crippen molar-refractivity contribution in [1.29, 1.82) is 0 Å². The van der Waals surface area contributed by atoms with Gasteiger partial charge in [-0.1, -0.05) is 42.5 Å². The number of ether oxygens (including phenoxy) is 3. The largest absolute Gasteiger partial charge is 0.496 e. The lowest BCUT2D eigenvalue weighted by molar-refractivity contribution is 0.102. The van der Waals surface area contributed by atoms with Crippen molar-refractivity contribution in [2.24, 2.45) is 0 Å². The summed E-state index contributed by atoms with van der Waals surface area (Å²) in [5.74, 6) is 1.55. The Labute approximate surface area is 180 Å². The SMILES string of the molecule is COc1cc(OC)c(C(=O)Nc2ccnn2Cc2cccc3ccccc23)cc1OC. The Hall–Kier alpha value is -4.00. The first-order valence-electron chi connectivity index (χ1n) is 9.74. The predicted molar refractivity (Wildman–Crippen MR) is 119 cm³/mol. The monoisotopic (exact) mass is 417 g/mol. The quantitative estimate of drug-likeness (QED) is 0.484. The predicted octanol–water partition coefficient (Wildman–Crippen LogP) is 4.36. The summed E-state index contributed by atoms with van der Waals surface area (Å²) in [5, 5.41) is 9.63. The minimum Gasteiger partial charge on any atom is -0.496 e. The molecule has 1 heterocycles. The highest BCUT2D eigenvalue weighted by Crippen LogP contribution is 2.35. The van der Waals surface area contributed by atoms with Gasteiger partial charge in [0.15, 0.2) is 11.5 Å². The number of methoxy groups -OCH3 is 3. The average molecular weight is 417 g/mol. The molecule has 31 heavy (non-hydrogen) atoms. The molecule has 0 fully saturated rings. The molecule has 0 saturated carbocycles. The Bertz CT molecular complexity index is 1230. The fourth-order valence-corrected chi connectivity index (χ4v) is 3.55. The Morgan fingerprint density at radius 1 is 0.903 bits per heavy atom. The van der Waals surface area contributed by atoms with E-state index in [1.54, 1.807) is 29.1 Å². The van der Waals surface area contributed by atoms with Gasteiger partial charge in [-0.15, -0.1) is 0 Å². The first-order valence-corrected chi connectivity index (χ1v) is 9.74. The molecule has 0 aliphatic heterocycles. The molecule has 1 amide bonds. The minimum absolute atomic E-state index is 0.332. The molecule has 1 aromatic heterocycles. The lowest BCUT2D eigenvalue weighted by atomic mass is 10.0. The summed E-state index contributed by atoms with van der Waals surface area (Å²) in [5.41, 5.74) is 1.44. The van der Waals surface area contributed by atoms with Gasteiger partial charge in [0.1, 0.15) is 11.6 Å². The molecule has 0 bridgehead atoms. The van der Waals surface area contributed by atoms with Crippen molar-refractivity contribution in [2.75, 3.05) is 26.6 Å². The number of amides is 1. The van der Waals surface area contributed by atoms with Crippen LogP contribution in [-0.2, 0) is 6.54 Å². The third-order valence-corrected chi connectivity index (χ3v) is 5.11. The summed E-state index contributed by atoms with van der Waals surface area (Å²) in [4.78, 5) is 13.0. The molecule has 3 aromatic carbocycles. The molecule has 1 N–H and O–H groups in total. The summed E-state index contributed by atoms with van der Waals surface area (Å²) in [6.07, 6.45) is 1.66. The lowest BCUT2D eigenvalue weighted by Gasteiger charge is -2.15. The number of carbonyl (C=O) groups excluding carboxylic acids is 1. The van der Waals surface area contributed by atoms with Crippen LogP contribution in [0.5, 0.6) is 17.2 Å². The van der Waals surface area contributed by atoms with Crippen molar-refractivity contribution >= 4 is 22.5 Å². The van der Waals surface area contributed by atoms with Crippen LogP contribution in [0.25, 0.3) is 10.8 Å². The summed E-state index contributed by atoms with van der Waals surface area (Å²) in [6.45, 7) is 0.521. The van der Waals surface area contributed by atoms with E-state index < -0.39 is 0 Å². The fraction of sp³-hybridized carbons (Fsp3) is 0.167. The summed E-state index contributed by atoms with van der Waals surface area (Å²) in [7, 11) is 4.55. The number of nitrogens with one attached hydrogen (secondary N) is 1. The number of hydrogen-bond donors (Lipinski definition) is 1. The smallest absolute Gasteiger partial charge is 0.260 e. The highest BCUT2D eigenvalue weighted by Gasteiger charge is 2.19. The Morgan fingerprint density at radius 2 is 1.61 bits per heavy atom. The second-order valence-corrected chi connectivity index (χ2v) is 6.87. The fourth-order valence-electron chi connectivity index (χ4n) is 3.55. The van der Waals surface area contributed by atoms with E-state index in [4.69, 9.17) is 14.2 Å². The van der Waals surface area contributed by atoms with E-state index in [0.29, 0.717) is 35.2 Å². The van der Waals surface area contributed by atoms with Gasteiger partial charge in [0.25, 0.3) is 5.91 Å². The van der Waals surface area contributed by atoms with Crippen LogP contribution in [0.15, 0.2) is 66.9 Å². The number of nitrogens with zero attached hydrogens (tertiary/aromatic N) is 2. The van der Waals surface area contributed by atoms with Crippen LogP contribution in [-0.4, -0.2) is 37.0 Å². The third kappa shape index (κ3) is 4.02. The van der Waals surface area contributed by atoms with E-state index in [1.165, 1.54) is 21.3 Å². The number of rotatable bonds is 7. The van der Waals surface area contributed by atoms with Crippen LogP contribution in [0.1, 0.15) is 15.9 Å². The second-order valence-electron chi connectivity index (χ2n) is 6.87. The van der Waals surface area contributed by atoms with Crippen LogP contribution in [0.3, 0.4) is 0 Å². The van der Waals surface area contributed by atoms with Gasteiger partial charge in [0.2, 0.25) is 0 Å². The summed E-state index contributed by atoms with van der Waals surface area (Å²) >= 11 is 0. The Balaban J connectivity index is 1.62. The number of carbonyl (C=O) groups is 1. The molecule has 0 radical (unpaired) electrons. The number of aromatic nitrogens is 2. The zero-order valence-corrected chi connectivity index (χ0v) is 17.6. The molecule has 4 rings (SSSR count). The first-order chi connectivity index (χ1) is 15.1. The van der Waals surface area contributed by atoms with Gasteiger partial charge in [-0.05, 0) is 16.3 Å². The van der Waals surface area contributed by atoms with Crippen LogP contribution in [0, 0.1) is 0 Å². The first kappa shape index (κ1) is 20.3. The van der Waals surface area contributed by atoms with Gasteiger partial charge in [0, 0.05) is 18.2 Å². The third-order valence-electron chi connectivity index (χ3n) is 5.11. The van der Waals surface area contributed by atoms with Crippen LogP contribution >= 0.6 is 0 Å². The van der Waals surface area contributed by atoms with Crippen LogP contribution < -0.4 is 19.5 Å². The van der Waals surface area contributed by atoms with E-state index in [1.807, 2.05) is 18.2 Å². The van der Waals surface area contributed by atoms with E-state index in [2.05, 4.69) is 34.7 Å². The number of hydrogen-bond acceptors (Lipinski definition) is 5. The topological polar surface area (TPSA) is 74.6 Å². The van der Waals surface area contributed by atoms with Crippen LogP contribution in [0.2, 0.25) is 0 Å². The maximum Gasteiger partial charge on any atom is 0.260 e. The van der Waals surface area contributed by atoms with Gasteiger partial charge in [-0.25, -0.2) is 4.68 Å². The number of anilines is 1. The van der Waals surface area contributed by atoms with E-state index in [-0.39, 0.29) is 5.91 Å². The van der Waals surface area contributed by atoms with Crippen LogP contribution in [0.4, 0.5) is 5.82 Å². The van der Waals surface area contributed by atoms with Crippen molar-refractivity contribution in [3.63, 3.8) is 0 Å². The molecule has 0 saturated heterocycles. The lowest BCUT2D eigenvalue weighted by Crippen LogP contribution is -2.17. The second kappa shape index (κ2) is 8.79. The molecule has 4 aromatic rings. The molecule has 0 aliphatic carbocycles. The molecular formula is C24H23N3O4. The highest BCUT2D eigenvalue weighted by molar-refractivity contribution is 6.06. The van der Waals surface area contributed by atoms with Gasteiger partial charge in [-0.3, -0.25) is 4.79 Å². The van der Waals surface area contributed by atoms with E-state index in [0.717, 1.165) is 16.3 Å². The van der Waals surface area contributed by atoms with Gasteiger partial charge >= 0.3 is 0 Å². The average Bonchev–Trinajstić information content (AvgIpc) is 3.24. The zero-order valence-electron chi connectivity index (χ0n) is 17.6. The molecule has 0 spiro atoms. The van der Waals surface area contributed by atoms with Crippen molar-refractivity contribution in [3.05, 3.63) is 78.0 Å². The van der Waals surface area contributed by atoms with E-state index in [9.17, 15) is 4.79 Å². The summed E-state index contributed by atoms with van der Waals surface area (Å²) < 4.78 is 17.8. The Kier molecular flexibility index (Phi) is 5.75. The van der Waals surface area contributed by atoms with Gasteiger partial charge in [-0.2, -0.15) is 5.10 Å². The highest BCUT2D eigenvalue weighted by atomic mass is 16.5.